The van der Waals surface area contributed by atoms with Crippen molar-refractivity contribution in [1.29, 1.82) is 0 Å². The van der Waals surface area contributed by atoms with Gasteiger partial charge in [-0.1, -0.05) is 0 Å². The van der Waals surface area contributed by atoms with E-state index in [1.165, 1.54) is 13.0 Å². The highest BCUT2D eigenvalue weighted by Crippen LogP contribution is 2.40. The number of aromatic nitrogens is 3. The van der Waals surface area contributed by atoms with E-state index in [0.717, 1.165) is 43.1 Å². The van der Waals surface area contributed by atoms with Gasteiger partial charge in [0.15, 0.2) is 5.82 Å². The average Bonchev–Trinajstić information content (AvgIpc) is 2.79. The number of hydrogen-bond acceptors (Lipinski definition) is 8. The number of alkyl halides is 3. The van der Waals surface area contributed by atoms with Crippen molar-refractivity contribution >= 4 is 23.4 Å². The summed E-state index contributed by atoms with van der Waals surface area (Å²) in [6.07, 6.45) is -1.31. The van der Waals surface area contributed by atoms with Crippen LogP contribution in [0.25, 0.3) is 0 Å². The number of likely N-dealkylation sites (N-methyl/N-ethyl adjacent to an activating group) is 1. The van der Waals surface area contributed by atoms with Crippen LogP contribution < -0.4 is 19.9 Å². The van der Waals surface area contributed by atoms with Gasteiger partial charge in [-0.2, -0.15) is 18.2 Å². The van der Waals surface area contributed by atoms with Gasteiger partial charge in [-0.25, -0.2) is 9.97 Å². The smallest absolute Gasteiger partial charge is 0.433 e. The monoisotopic (exact) mass is 492 g/mol. The van der Waals surface area contributed by atoms with Crippen LogP contribution >= 0.6 is 0 Å². The van der Waals surface area contributed by atoms with Gasteiger partial charge in [-0.05, 0) is 50.7 Å². The Kier molecular flexibility index (Phi) is 5.94. The number of aliphatic hydroxyl groups is 1. The molecule has 0 radical (unpaired) electrons. The van der Waals surface area contributed by atoms with Crippen molar-refractivity contribution in [2.45, 2.75) is 50.9 Å². The summed E-state index contributed by atoms with van der Waals surface area (Å²) in [7, 11) is 1.76. The summed E-state index contributed by atoms with van der Waals surface area (Å²) in [5, 5.41) is 13.1. The van der Waals surface area contributed by atoms with E-state index >= 15 is 0 Å². The van der Waals surface area contributed by atoms with E-state index in [-0.39, 0.29) is 30.2 Å². The molecule has 35 heavy (non-hydrogen) atoms. The van der Waals surface area contributed by atoms with Gasteiger partial charge >= 0.3 is 6.18 Å². The Morgan fingerprint density at radius 2 is 2.00 bits per heavy atom. The van der Waals surface area contributed by atoms with Crippen LogP contribution in [0.3, 0.4) is 0 Å². The molecule has 9 nitrogen and oxygen atoms in total. The third kappa shape index (κ3) is 4.35. The Morgan fingerprint density at radius 1 is 1.23 bits per heavy atom. The first-order valence-corrected chi connectivity index (χ1v) is 11.7. The van der Waals surface area contributed by atoms with Gasteiger partial charge in [0, 0.05) is 19.6 Å². The number of nitrogens with one attached hydrogen (secondary N) is 1. The Balaban J connectivity index is 1.21. The summed E-state index contributed by atoms with van der Waals surface area (Å²) in [6.45, 7) is 2.20. The minimum atomic E-state index is -4.48. The van der Waals surface area contributed by atoms with E-state index in [1.807, 2.05) is 0 Å². The Labute approximate surface area is 200 Å². The number of rotatable bonds is 6. The highest BCUT2D eigenvalue weighted by atomic mass is 19.4. The zero-order valence-corrected chi connectivity index (χ0v) is 19.5. The molecule has 0 spiro atoms. The van der Waals surface area contributed by atoms with Crippen LogP contribution in [-0.4, -0.2) is 64.9 Å². The zero-order valence-electron chi connectivity index (χ0n) is 19.5. The standard InChI is InChI=1S/C23H27F3N6O3/c1-12-17(5-6-18(27-12)23(24,25)26)35-11-13-8-14(9-13)28-22-29-15-4-3-7-32-19(15)20(30-22)31(2)16(10-33)21(32)34/h5-6,13-14,16,33H,3-4,7-11H2,1-2H3,(H,28,29,30). The van der Waals surface area contributed by atoms with E-state index in [2.05, 4.69) is 20.3 Å². The molecule has 1 amide bonds. The Hall–Kier alpha value is -3.15. The van der Waals surface area contributed by atoms with Gasteiger partial charge in [0.2, 0.25) is 5.95 Å². The molecule has 1 saturated carbocycles. The number of ether oxygens (including phenoxy) is 1. The van der Waals surface area contributed by atoms with Crippen LogP contribution in [0.15, 0.2) is 12.1 Å². The number of pyridine rings is 1. The molecule has 188 valence electrons. The first-order valence-electron chi connectivity index (χ1n) is 11.7. The third-order valence-corrected chi connectivity index (χ3v) is 6.90. The van der Waals surface area contributed by atoms with E-state index in [0.29, 0.717) is 30.7 Å². The van der Waals surface area contributed by atoms with Crippen molar-refractivity contribution in [3.8, 4) is 5.75 Å². The second-order valence-corrected chi connectivity index (χ2v) is 9.34. The SMILES string of the molecule is Cc1nc(C(F)(F)F)ccc1OCC1CC(Nc2nc3c4c(n2)N(C)C(CO)C(=O)N4CCC3)C1. The van der Waals surface area contributed by atoms with Gasteiger partial charge in [-0.3, -0.25) is 4.79 Å². The maximum atomic E-state index is 12.8. The summed E-state index contributed by atoms with van der Waals surface area (Å²) in [4.78, 5) is 29.1. The van der Waals surface area contributed by atoms with Gasteiger partial charge in [-0.15, -0.1) is 0 Å². The summed E-state index contributed by atoms with van der Waals surface area (Å²) in [6, 6.07) is 1.73. The fourth-order valence-electron chi connectivity index (χ4n) is 4.92. The maximum Gasteiger partial charge on any atom is 0.433 e. The van der Waals surface area contributed by atoms with Crippen LogP contribution in [0.5, 0.6) is 5.75 Å². The Bertz CT molecular complexity index is 1140. The lowest BCUT2D eigenvalue weighted by atomic mass is 9.81. The number of anilines is 3. The molecule has 4 heterocycles. The van der Waals surface area contributed by atoms with Crippen LogP contribution in [0, 0.1) is 12.8 Å². The van der Waals surface area contributed by atoms with Gasteiger partial charge < -0.3 is 25.0 Å². The number of nitrogens with zero attached hydrogens (tertiary/aromatic N) is 5. The molecule has 0 saturated heterocycles. The number of hydrogen-bond donors (Lipinski definition) is 2. The molecule has 2 aliphatic heterocycles. The number of aryl methyl sites for hydroxylation is 2. The molecule has 1 aliphatic carbocycles. The van der Waals surface area contributed by atoms with Crippen LogP contribution in [0.2, 0.25) is 0 Å². The number of aliphatic hydroxyl groups excluding tert-OH is 1. The van der Waals surface area contributed by atoms with Crippen molar-refractivity contribution in [3.63, 3.8) is 0 Å². The molecular weight excluding hydrogens is 465 g/mol. The van der Waals surface area contributed by atoms with Crippen LogP contribution in [0.4, 0.5) is 30.6 Å². The lowest BCUT2D eigenvalue weighted by Crippen LogP contribution is -2.55. The molecule has 3 aliphatic rings. The van der Waals surface area contributed by atoms with E-state index in [9.17, 15) is 23.1 Å². The fourth-order valence-corrected chi connectivity index (χ4v) is 4.92. The molecule has 1 fully saturated rings. The summed E-state index contributed by atoms with van der Waals surface area (Å²) >= 11 is 0. The fraction of sp³-hybridized carbons (Fsp3) is 0.565. The highest BCUT2D eigenvalue weighted by molar-refractivity contribution is 6.05. The molecule has 1 unspecified atom stereocenters. The largest absolute Gasteiger partial charge is 0.491 e. The van der Waals surface area contributed by atoms with Crippen LogP contribution in [-0.2, 0) is 17.4 Å². The van der Waals surface area contributed by atoms with Gasteiger partial charge in [0.25, 0.3) is 5.91 Å². The third-order valence-electron chi connectivity index (χ3n) is 6.90. The minimum absolute atomic E-state index is 0.131. The van der Waals surface area contributed by atoms with Crippen molar-refractivity contribution < 1.29 is 27.8 Å². The Morgan fingerprint density at radius 3 is 2.69 bits per heavy atom. The molecule has 2 aromatic rings. The quantitative estimate of drug-likeness (QED) is 0.634. The first-order chi connectivity index (χ1) is 16.7. The highest BCUT2D eigenvalue weighted by Gasteiger charge is 2.41. The molecule has 0 aromatic carbocycles. The number of halogens is 3. The molecule has 2 aromatic heterocycles. The second-order valence-electron chi connectivity index (χ2n) is 9.34. The number of amides is 1. The molecular formula is C23H27F3N6O3. The van der Waals surface area contributed by atoms with Crippen molar-refractivity contribution in [2.75, 3.05) is 41.9 Å². The maximum absolute atomic E-state index is 12.8. The van der Waals surface area contributed by atoms with Crippen LogP contribution in [0.1, 0.15) is 36.3 Å². The molecule has 5 rings (SSSR count). The lowest BCUT2D eigenvalue weighted by Gasteiger charge is -2.42. The normalized spacial score (nSPS) is 23.6. The molecule has 1 atom stereocenters. The van der Waals surface area contributed by atoms with E-state index in [1.54, 1.807) is 16.8 Å². The summed E-state index contributed by atoms with van der Waals surface area (Å²) in [5.74, 6) is 1.60. The van der Waals surface area contributed by atoms with Crippen molar-refractivity contribution in [1.82, 2.24) is 15.0 Å². The summed E-state index contributed by atoms with van der Waals surface area (Å²) in [5.41, 5.74) is 0.843. The van der Waals surface area contributed by atoms with E-state index in [4.69, 9.17) is 4.74 Å². The topological polar surface area (TPSA) is 104 Å². The van der Waals surface area contributed by atoms with Crippen molar-refractivity contribution in [3.05, 3.63) is 29.2 Å². The molecule has 0 bridgehead atoms. The first kappa shape index (κ1) is 23.6. The number of carbonyl (C=O) groups excluding carboxylic acids is 1. The second kappa shape index (κ2) is 8.81. The predicted octanol–water partition coefficient (Wildman–Crippen LogP) is 2.56. The van der Waals surface area contributed by atoms with Gasteiger partial charge in [0.05, 0.1) is 24.6 Å². The minimum Gasteiger partial charge on any atom is -0.491 e. The van der Waals surface area contributed by atoms with Crippen molar-refractivity contribution in [2.24, 2.45) is 5.92 Å². The molecule has 12 heteroatoms. The zero-order chi connectivity index (χ0) is 24.9. The predicted molar refractivity (Wildman–Crippen MR) is 122 cm³/mol. The average molecular weight is 493 g/mol. The number of carbonyl (C=O) groups is 1. The summed E-state index contributed by atoms with van der Waals surface area (Å²) < 4.78 is 44.1. The lowest BCUT2D eigenvalue weighted by molar-refractivity contribution is -0.141. The molecule has 2 N–H and O–H groups in total. The van der Waals surface area contributed by atoms with Gasteiger partial charge in [0.1, 0.15) is 23.2 Å². The van der Waals surface area contributed by atoms with E-state index < -0.39 is 17.9 Å².